The van der Waals surface area contributed by atoms with Crippen molar-refractivity contribution in [2.45, 2.75) is 12.6 Å². The number of halogens is 2. The Morgan fingerprint density at radius 1 is 1.39 bits per heavy atom. The highest BCUT2D eigenvalue weighted by molar-refractivity contribution is 6.38. The number of fused-ring (bicyclic) bond motifs is 1. The lowest BCUT2D eigenvalue weighted by Crippen LogP contribution is -2.33. The van der Waals surface area contributed by atoms with Crippen LogP contribution in [-0.2, 0) is 11.8 Å². The largest absolute Gasteiger partial charge is 0.479 e. The molecule has 122 valence electrons. The van der Waals surface area contributed by atoms with E-state index < -0.39 is 18.1 Å². The topological polar surface area (TPSA) is 62.5 Å². The number of carboxylic acids is 1. The van der Waals surface area contributed by atoms with Crippen LogP contribution in [0.4, 0.5) is 4.39 Å². The molecule has 1 fully saturated rings. The molecule has 0 radical (unpaired) electrons. The second kappa shape index (κ2) is 5.85. The summed E-state index contributed by atoms with van der Waals surface area (Å²) in [5.74, 6) is -2.45. The van der Waals surface area contributed by atoms with Crippen molar-refractivity contribution in [2.75, 3.05) is 13.1 Å². The Kier molecular flexibility index (Phi) is 4.02. The number of hydrogen-bond acceptors (Lipinski definition) is 2. The SMILES string of the molecule is Cn1c(C(=O)N2CCC(C(F)C(=O)O)C2)c(Cl)c2ccccc21. The Labute approximate surface area is 137 Å². The van der Waals surface area contributed by atoms with E-state index in [1.807, 2.05) is 24.3 Å². The number of hydrogen-bond donors (Lipinski definition) is 1. The summed E-state index contributed by atoms with van der Waals surface area (Å²) in [7, 11) is 1.75. The first-order valence-corrected chi connectivity index (χ1v) is 7.68. The third-order valence-electron chi connectivity index (χ3n) is 4.41. The van der Waals surface area contributed by atoms with Crippen LogP contribution >= 0.6 is 11.6 Å². The molecule has 0 aliphatic carbocycles. The Bertz CT molecular complexity index is 750. The van der Waals surface area contributed by atoms with E-state index in [-0.39, 0.29) is 12.5 Å². The molecule has 1 aliphatic heterocycles. The summed E-state index contributed by atoms with van der Waals surface area (Å²) < 4.78 is 15.3. The molecule has 3 rings (SSSR count). The Morgan fingerprint density at radius 2 is 2.09 bits per heavy atom. The lowest BCUT2D eigenvalue weighted by Gasteiger charge is -2.18. The molecule has 2 atom stereocenters. The molecule has 1 amide bonds. The van der Waals surface area contributed by atoms with Crippen molar-refractivity contribution in [3.8, 4) is 0 Å². The molecule has 2 unspecified atom stereocenters. The van der Waals surface area contributed by atoms with Crippen molar-refractivity contribution >= 4 is 34.4 Å². The molecular weight excluding hydrogens is 323 g/mol. The number of aliphatic carboxylic acids is 1. The van der Waals surface area contributed by atoms with Gasteiger partial charge in [-0.3, -0.25) is 4.79 Å². The van der Waals surface area contributed by atoms with Gasteiger partial charge < -0.3 is 14.6 Å². The number of benzene rings is 1. The maximum Gasteiger partial charge on any atom is 0.338 e. The third-order valence-corrected chi connectivity index (χ3v) is 4.79. The second-order valence-corrected chi connectivity index (χ2v) is 6.16. The summed E-state index contributed by atoms with van der Waals surface area (Å²) in [5.41, 5.74) is 1.18. The highest BCUT2D eigenvalue weighted by Gasteiger charge is 2.37. The van der Waals surface area contributed by atoms with Crippen LogP contribution in [0.15, 0.2) is 24.3 Å². The Morgan fingerprint density at radius 3 is 2.74 bits per heavy atom. The van der Waals surface area contributed by atoms with E-state index in [4.69, 9.17) is 16.7 Å². The molecule has 2 heterocycles. The van der Waals surface area contributed by atoms with Crippen LogP contribution < -0.4 is 0 Å². The average molecular weight is 339 g/mol. The Hall–Kier alpha value is -2.08. The number of aromatic nitrogens is 1. The van der Waals surface area contributed by atoms with Crippen LogP contribution in [0.25, 0.3) is 10.9 Å². The number of alkyl halides is 1. The molecular formula is C16H16ClFN2O3. The van der Waals surface area contributed by atoms with Crippen LogP contribution in [0.5, 0.6) is 0 Å². The second-order valence-electron chi connectivity index (χ2n) is 5.78. The number of likely N-dealkylation sites (tertiary alicyclic amines) is 1. The summed E-state index contributed by atoms with van der Waals surface area (Å²) in [5, 5.41) is 9.91. The number of carbonyl (C=O) groups excluding carboxylic acids is 1. The summed E-state index contributed by atoms with van der Waals surface area (Å²) in [6, 6.07) is 7.41. The number of nitrogens with zero attached hydrogens (tertiary/aromatic N) is 2. The first-order valence-electron chi connectivity index (χ1n) is 7.31. The smallest absolute Gasteiger partial charge is 0.338 e. The molecule has 0 saturated carbocycles. The van der Waals surface area contributed by atoms with Crippen LogP contribution in [0, 0.1) is 5.92 Å². The minimum Gasteiger partial charge on any atom is -0.479 e. The van der Waals surface area contributed by atoms with E-state index in [0.29, 0.717) is 23.7 Å². The standard InChI is InChI=1S/C16H16ClFN2O3/c1-19-11-5-3-2-4-10(11)12(17)14(19)15(21)20-7-6-9(8-20)13(18)16(22)23/h2-5,9,13H,6-8H2,1H3,(H,22,23). The lowest BCUT2D eigenvalue weighted by molar-refractivity contribution is -0.144. The van der Waals surface area contributed by atoms with Crippen LogP contribution in [-0.4, -0.2) is 45.7 Å². The molecule has 23 heavy (non-hydrogen) atoms. The zero-order valence-corrected chi connectivity index (χ0v) is 13.3. The van der Waals surface area contributed by atoms with Gasteiger partial charge in [-0.1, -0.05) is 29.8 Å². The molecule has 1 N–H and O–H groups in total. The highest BCUT2D eigenvalue weighted by atomic mass is 35.5. The number of carboxylic acid groups (broad SMARTS) is 1. The maximum absolute atomic E-state index is 13.6. The lowest BCUT2D eigenvalue weighted by atomic mass is 10.0. The van der Waals surface area contributed by atoms with E-state index in [9.17, 15) is 14.0 Å². The third kappa shape index (κ3) is 2.57. The van der Waals surface area contributed by atoms with Crippen molar-refractivity contribution in [3.63, 3.8) is 0 Å². The first kappa shape index (κ1) is 15.8. The van der Waals surface area contributed by atoms with Gasteiger partial charge in [-0.15, -0.1) is 0 Å². The normalized spacial score (nSPS) is 19.3. The van der Waals surface area contributed by atoms with Gasteiger partial charge >= 0.3 is 5.97 Å². The van der Waals surface area contributed by atoms with Crippen molar-refractivity contribution in [1.29, 1.82) is 0 Å². The van der Waals surface area contributed by atoms with E-state index in [1.165, 1.54) is 4.90 Å². The molecule has 5 nitrogen and oxygen atoms in total. The molecule has 0 bridgehead atoms. The Balaban J connectivity index is 1.89. The van der Waals surface area contributed by atoms with E-state index in [1.54, 1.807) is 11.6 Å². The van der Waals surface area contributed by atoms with Crippen LogP contribution in [0.1, 0.15) is 16.9 Å². The molecule has 2 aromatic rings. The van der Waals surface area contributed by atoms with Gasteiger partial charge in [0.2, 0.25) is 6.17 Å². The molecule has 1 aromatic heterocycles. The fourth-order valence-corrected chi connectivity index (χ4v) is 3.51. The quantitative estimate of drug-likeness (QED) is 0.936. The number of amides is 1. The minimum absolute atomic E-state index is 0.0875. The summed E-state index contributed by atoms with van der Waals surface area (Å²) in [4.78, 5) is 25.0. The van der Waals surface area contributed by atoms with Gasteiger partial charge in [0.25, 0.3) is 5.91 Å². The van der Waals surface area contributed by atoms with E-state index in [2.05, 4.69) is 0 Å². The fraction of sp³-hybridized carbons (Fsp3) is 0.375. The van der Waals surface area contributed by atoms with Gasteiger partial charge in [0.1, 0.15) is 5.69 Å². The number of para-hydroxylation sites is 1. The number of rotatable bonds is 3. The molecule has 7 heteroatoms. The average Bonchev–Trinajstić information content (AvgIpc) is 3.11. The minimum atomic E-state index is -1.95. The van der Waals surface area contributed by atoms with E-state index >= 15 is 0 Å². The molecule has 1 aromatic carbocycles. The number of aryl methyl sites for hydroxylation is 1. The highest BCUT2D eigenvalue weighted by Crippen LogP contribution is 2.32. The van der Waals surface area contributed by atoms with Crippen molar-refractivity contribution in [2.24, 2.45) is 13.0 Å². The van der Waals surface area contributed by atoms with E-state index in [0.717, 1.165) is 10.9 Å². The molecule has 0 spiro atoms. The zero-order valence-electron chi connectivity index (χ0n) is 12.5. The summed E-state index contributed by atoms with van der Waals surface area (Å²) >= 11 is 6.35. The monoisotopic (exact) mass is 338 g/mol. The maximum atomic E-state index is 13.6. The van der Waals surface area contributed by atoms with Gasteiger partial charge in [0, 0.05) is 37.0 Å². The molecule has 1 aliphatic rings. The fourth-order valence-electron chi connectivity index (χ4n) is 3.15. The van der Waals surface area contributed by atoms with Crippen LogP contribution in [0.3, 0.4) is 0 Å². The summed E-state index contributed by atoms with van der Waals surface area (Å²) in [6.45, 7) is 0.416. The van der Waals surface area contributed by atoms with Gasteiger partial charge in [0.15, 0.2) is 0 Å². The van der Waals surface area contributed by atoms with Gasteiger partial charge in [-0.05, 0) is 12.5 Å². The van der Waals surface area contributed by atoms with Gasteiger partial charge in [-0.2, -0.15) is 0 Å². The number of carbonyl (C=O) groups is 2. The molecule has 1 saturated heterocycles. The van der Waals surface area contributed by atoms with Crippen LogP contribution in [0.2, 0.25) is 5.02 Å². The predicted molar refractivity (Wildman–Crippen MR) is 84.5 cm³/mol. The predicted octanol–water partition coefficient (Wildman–Crippen LogP) is 2.72. The van der Waals surface area contributed by atoms with Gasteiger partial charge in [-0.25, -0.2) is 9.18 Å². The van der Waals surface area contributed by atoms with Crippen molar-refractivity contribution < 1.29 is 19.1 Å². The van der Waals surface area contributed by atoms with Crippen molar-refractivity contribution in [1.82, 2.24) is 9.47 Å². The zero-order chi connectivity index (χ0) is 16.7. The summed E-state index contributed by atoms with van der Waals surface area (Å²) in [6.07, 6.45) is -1.61. The first-order chi connectivity index (χ1) is 10.9. The van der Waals surface area contributed by atoms with Crippen molar-refractivity contribution in [3.05, 3.63) is 35.0 Å². The van der Waals surface area contributed by atoms with Gasteiger partial charge in [0.05, 0.1) is 5.02 Å².